The van der Waals surface area contributed by atoms with Gasteiger partial charge in [0.15, 0.2) is 0 Å². The lowest BCUT2D eigenvalue weighted by Crippen LogP contribution is -2.42. The Kier molecular flexibility index (Phi) is 4.03. The molecular weight excluding hydrogens is 354 g/mol. The lowest BCUT2D eigenvalue weighted by atomic mass is 10.1. The van der Waals surface area contributed by atoms with Crippen LogP contribution < -0.4 is 0 Å². The molecular formula is C18H14F2N6O. The molecule has 7 nitrogen and oxygen atoms in total. The lowest BCUT2D eigenvalue weighted by molar-refractivity contribution is -0.0494. The second-order valence-corrected chi connectivity index (χ2v) is 6.32. The quantitative estimate of drug-likeness (QED) is 0.694. The van der Waals surface area contributed by atoms with Crippen molar-refractivity contribution in [3.63, 3.8) is 0 Å². The Morgan fingerprint density at radius 2 is 1.93 bits per heavy atom. The molecule has 0 aromatic carbocycles. The molecule has 1 saturated heterocycles. The van der Waals surface area contributed by atoms with Crippen LogP contribution in [0.1, 0.15) is 28.9 Å². The summed E-state index contributed by atoms with van der Waals surface area (Å²) in [5.74, 6) is -2.62. The molecule has 0 saturated carbocycles. The first kappa shape index (κ1) is 17.0. The van der Waals surface area contributed by atoms with E-state index in [-0.39, 0.29) is 37.5 Å². The van der Waals surface area contributed by atoms with Crippen molar-refractivity contribution in [2.75, 3.05) is 13.1 Å². The van der Waals surface area contributed by atoms with E-state index < -0.39 is 5.92 Å². The van der Waals surface area contributed by atoms with E-state index in [2.05, 4.69) is 15.0 Å². The number of nitrogens with zero attached hydrogens (tertiary/aromatic N) is 6. The summed E-state index contributed by atoms with van der Waals surface area (Å²) in [5, 5.41) is 8.90. The van der Waals surface area contributed by atoms with Gasteiger partial charge in [0.1, 0.15) is 11.8 Å². The summed E-state index contributed by atoms with van der Waals surface area (Å²) < 4.78 is 28.2. The Balaban J connectivity index is 1.56. The van der Waals surface area contributed by atoms with Crippen LogP contribution in [-0.2, 0) is 0 Å². The van der Waals surface area contributed by atoms with Crippen molar-refractivity contribution in [1.29, 1.82) is 5.26 Å². The first-order valence-corrected chi connectivity index (χ1v) is 8.35. The largest absolute Gasteiger partial charge is 0.338 e. The van der Waals surface area contributed by atoms with Gasteiger partial charge < -0.3 is 4.90 Å². The molecule has 136 valence electrons. The number of fused-ring (bicyclic) bond motifs is 1. The molecule has 0 N–H and O–H groups in total. The van der Waals surface area contributed by atoms with Gasteiger partial charge in [-0.05, 0) is 18.2 Å². The van der Waals surface area contributed by atoms with E-state index >= 15 is 0 Å². The zero-order chi connectivity index (χ0) is 19.0. The molecule has 0 bridgehead atoms. The van der Waals surface area contributed by atoms with Crippen LogP contribution in [-0.4, -0.2) is 49.2 Å². The third-order valence-corrected chi connectivity index (χ3v) is 4.55. The number of hydrogen-bond acceptors (Lipinski definition) is 5. The standard InChI is InChI=1S/C18H14F2N6O/c19-18(20)4-7-25(8-5-18)16(27)12-1-2-14(22-10-12)15-11-23-17-24-13(9-21)3-6-26(15)17/h1-3,6,10-11H,4-5,7-8H2. The summed E-state index contributed by atoms with van der Waals surface area (Å²) in [5.41, 5.74) is 1.86. The van der Waals surface area contributed by atoms with Crippen LogP contribution in [0.25, 0.3) is 17.2 Å². The number of rotatable bonds is 2. The van der Waals surface area contributed by atoms with Crippen LogP contribution in [0.5, 0.6) is 0 Å². The number of carbonyl (C=O) groups is 1. The number of nitriles is 1. The first-order chi connectivity index (χ1) is 13.0. The molecule has 0 radical (unpaired) electrons. The number of amides is 1. The molecule has 1 aliphatic rings. The number of alkyl halides is 2. The molecule has 1 amide bonds. The van der Waals surface area contributed by atoms with Crippen molar-refractivity contribution in [3.05, 3.63) is 48.0 Å². The van der Waals surface area contributed by atoms with Gasteiger partial charge in [-0.25, -0.2) is 18.7 Å². The molecule has 3 aromatic rings. The van der Waals surface area contributed by atoms with Crippen LogP contribution in [0.3, 0.4) is 0 Å². The second kappa shape index (κ2) is 6.39. The fraction of sp³-hybridized carbons (Fsp3) is 0.278. The van der Waals surface area contributed by atoms with Gasteiger partial charge in [0.05, 0.1) is 23.1 Å². The molecule has 1 fully saturated rings. The van der Waals surface area contributed by atoms with Crippen molar-refractivity contribution in [3.8, 4) is 17.5 Å². The highest BCUT2D eigenvalue weighted by atomic mass is 19.3. The zero-order valence-electron chi connectivity index (χ0n) is 14.1. The number of aromatic nitrogens is 4. The molecule has 0 atom stereocenters. The molecule has 0 spiro atoms. The van der Waals surface area contributed by atoms with Crippen molar-refractivity contribution in [2.24, 2.45) is 0 Å². The summed E-state index contributed by atoms with van der Waals surface area (Å²) in [6, 6.07) is 6.82. The second-order valence-electron chi connectivity index (χ2n) is 6.32. The van der Waals surface area contributed by atoms with Gasteiger partial charge in [0.25, 0.3) is 11.8 Å². The molecule has 27 heavy (non-hydrogen) atoms. The van der Waals surface area contributed by atoms with Gasteiger partial charge in [-0.1, -0.05) is 0 Å². The first-order valence-electron chi connectivity index (χ1n) is 8.35. The van der Waals surface area contributed by atoms with Gasteiger partial charge in [-0.15, -0.1) is 0 Å². The zero-order valence-corrected chi connectivity index (χ0v) is 14.1. The Morgan fingerprint density at radius 1 is 1.15 bits per heavy atom. The van der Waals surface area contributed by atoms with E-state index in [4.69, 9.17) is 5.26 Å². The van der Waals surface area contributed by atoms with E-state index in [1.54, 1.807) is 35.0 Å². The lowest BCUT2D eigenvalue weighted by Gasteiger charge is -2.31. The van der Waals surface area contributed by atoms with Gasteiger partial charge >= 0.3 is 0 Å². The van der Waals surface area contributed by atoms with Crippen LogP contribution in [0, 0.1) is 11.3 Å². The smallest absolute Gasteiger partial charge is 0.255 e. The van der Waals surface area contributed by atoms with E-state index in [0.717, 1.165) is 0 Å². The summed E-state index contributed by atoms with van der Waals surface area (Å²) in [7, 11) is 0. The van der Waals surface area contributed by atoms with Gasteiger partial charge in [-0.3, -0.25) is 14.2 Å². The summed E-state index contributed by atoms with van der Waals surface area (Å²) in [6.45, 7) is 0.0709. The van der Waals surface area contributed by atoms with Crippen LogP contribution in [0.2, 0.25) is 0 Å². The minimum absolute atomic E-state index is 0.0355. The predicted molar refractivity (Wildman–Crippen MR) is 91.0 cm³/mol. The number of likely N-dealkylation sites (tertiary alicyclic amines) is 1. The minimum atomic E-state index is -2.69. The molecule has 0 aliphatic carbocycles. The van der Waals surface area contributed by atoms with Crippen LogP contribution in [0.15, 0.2) is 36.8 Å². The van der Waals surface area contributed by atoms with Gasteiger partial charge in [0, 0.05) is 38.3 Å². The number of halogens is 2. The maximum atomic E-state index is 13.2. The fourth-order valence-corrected chi connectivity index (χ4v) is 3.01. The van der Waals surface area contributed by atoms with Crippen molar-refractivity contribution in [1.82, 2.24) is 24.3 Å². The Morgan fingerprint density at radius 3 is 2.59 bits per heavy atom. The van der Waals surface area contributed by atoms with E-state index in [1.165, 1.54) is 11.1 Å². The predicted octanol–water partition coefficient (Wildman–Crippen LogP) is 2.53. The number of imidazole rings is 1. The average molecular weight is 368 g/mol. The number of pyridine rings is 1. The van der Waals surface area contributed by atoms with E-state index in [9.17, 15) is 13.6 Å². The van der Waals surface area contributed by atoms with Crippen molar-refractivity contribution in [2.45, 2.75) is 18.8 Å². The maximum Gasteiger partial charge on any atom is 0.255 e. The molecule has 3 aromatic heterocycles. The fourth-order valence-electron chi connectivity index (χ4n) is 3.01. The third-order valence-electron chi connectivity index (χ3n) is 4.55. The third kappa shape index (κ3) is 3.21. The van der Waals surface area contributed by atoms with Crippen LogP contribution >= 0.6 is 0 Å². The van der Waals surface area contributed by atoms with E-state index in [0.29, 0.717) is 22.7 Å². The van der Waals surface area contributed by atoms with Gasteiger partial charge in [-0.2, -0.15) is 5.26 Å². The molecule has 9 heteroatoms. The van der Waals surface area contributed by atoms with E-state index in [1.807, 2.05) is 6.07 Å². The van der Waals surface area contributed by atoms with Crippen molar-refractivity contribution < 1.29 is 13.6 Å². The number of piperidine rings is 1. The highest BCUT2D eigenvalue weighted by molar-refractivity contribution is 5.94. The average Bonchev–Trinajstić information content (AvgIpc) is 3.10. The highest BCUT2D eigenvalue weighted by Crippen LogP contribution is 2.28. The summed E-state index contributed by atoms with van der Waals surface area (Å²) in [4.78, 5) is 26.5. The maximum absolute atomic E-state index is 13.2. The van der Waals surface area contributed by atoms with Gasteiger partial charge in [0.2, 0.25) is 5.78 Å². The molecule has 1 aliphatic heterocycles. The Labute approximate surface area is 152 Å². The topological polar surface area (TPSA) is 87.2 Å². The monoisotopic (exact) mass is 368 g/mol. The summed E-state index contributed by atoms with van der Waals surface area (Å²) >= 11 is 0. The molecule has 4 heterocycles. The van der Waals surface area contributed by atoms with Crippen LogP contribution in [0.4, 0.5) is 8.78 Å². The van der Waals surface area contributed by atoms with Crippen molar-refractivity contribution >= 4 is 11.7 Å². The summed E-state index contributed by atoms with van der Waals surface area (Å²) in [6.07, 6.45) is 4.06. The highest BCUT2D eigenvalue weighted by Gasteiger charge is 2.35. The Bertz CT molecular complexity index is 1040. The SMILES string of the molecule is N#Cc1ccn2c(-c3ccc(C(=O)N4CCC(F)(F)CC4)cn3)cnc2n1. The normalized spacial score (nSPS) is 16.3. The molecule has 0 unspecified atom stereocenters. The number of carbonyl (C=O) groups excluding carboxylic acids is 1. The molecule has 4 rings (SSSR count). The minimum Gasteiger partial charge on any atom is -0.338 e. The number of hydrogen-bond donors (Lipinski definition) is 0. The Hall–Kier alpha value is -3.41.